The number of carboxylic acid groups (broad SMARTS) is 1. The van der Waals surface area contributed by atoms with E-state index >= 15 is 0 Å². The number of carboxylic acids is 1. The largest absolute Gasteiger partial charge is 0.480 e. The summed E-state index contributed by atoms with van der Waals surface area (Å²) in [7, 11) is 3.70. The minimum absolute atomic E-state index is 0.0150. The Labute approximate surface area is 113 Å². The van der Waals surface area contributed by atoms with E-state index in [9.17, 15) is 9.59 Å². The maximum Gasteiger partial charge on any atom is 0.326 e. The number of nitrogens with zero attached hydrogens (tertiary/aromatic N) is 2. The van der Waals surface area contributed by atoms with Crippen LogP contribution in [0.1, 0.15) is 12.8 Å². The fraction of sp³-hybridized carbons (Fsp3) is 0.833. The van der Waals surface area contributed by atoms with Crippen LogP contribution in [0.4, 0.5) is 4.79 Å². The van der Waals surface area contributed by atoms with E-state index in [-0.39, 0.29) is 13.0 Å². The van der Waals surface area contributed by atoms with Crippen molar-refractivity contribution in [2.24, 2.45) is 5.92 Å². The van der Waals surface area contributed by atoms with E-state index in [2.05, 4.69) is 10.2 Å². The number of carbonyl (C=O) groups excluding carboxylic acids is 1. The smallest absolute Gasteiger partial charge is 0.326 e. The highest BCUT2D eigenvalue weighted by Gasteiger charge is 2.25. The fourth-order valence-electron chi connectivity index (χ4n) is 2.29. The Kier molecular flexibility index (Phi) is 6.04. The predicted octanol–water partition coefficient (Wildman–Crippen LogP) is -0.585. The van der Waals surface area contributed by atoms with Crippen molar-refractivity contribution in [3.8, 4) is 0 Å². The lowest BCUT2D eigenvalue weighted by Crippen LogP contribution is -2.48. The molecule has 2 amide bonds. The van der Waals surface area contributed by atoms with Crippen LogP contribution in [0.3, 0.4) is 0 Å². The van der Waals surface area contributed by atoms with Gasteiger partial charge in [-0.05, 0) is 25.9 Å². The van der Waals surface area contributed by atoms with Gasteiger partial charge in [-0.15, -0.1) is 0 Å². The lowest BCUT2D eigenvalue weighted by Gasteiger charge is -2.23. The first-order valence-electron chi connectivity index (χ1n) is 6.48. The number of urea groups is 1. The summed E-state index contributed by atoms with van der Waals surface area (Å²) in [4.78, 5) is 26.5. The molecule has 7 nitrogen and oxygen atoms in total. The van der Waals surface area contributed by atoms with E-state index in [4.69, 9.17) is 10.2 Å². The summed E-state index contributed by atoms with van der Waals surface area (Å²) in [6, 6.07) is -1.44. The molecule has 1 rings (SSSR count). The standard InChI is InChI=1S/C12H23N3O4/c1-14-5-3-9(7-14)8-15(2)12(19)13-10(4-6-16)11(17)18/h9-10,16H,3-8H2,1-2H3,(H,13,19)(H,17,18). The Hall–Kier alpha value is -1.34. The number of carbonyl (C=O) groups is 2. The molecule has 1 aliphatic rings. The van der Waals surface area contributed by atoms with Crippen LogP contribution >= 0.6 is 0 Å². The van der Waals surface area contributed by atoms with E-state index in [1.165, 1.54) is 4.90 Å². The van der Waals surface area contributed by atoms with Gasteiger partial charge in [0.1, 0.15) is 6.04 Å². The number of nitrogens with one attached hydrogen (secondary N) is 1. The number of likely N-dealkylation sites (tertiary alicyclic amines) is 1. The third-order valence-corrected chi connectivity index (χ3v) is 3.38. The molecule has 0 saturated carbocycles. The van der Waals surface area contributed by atoms with Crippen molar-refractivity contribution in [2.75, 3.05) is 40.3 Å². The van der Waals surface area contributed by atoms with Gasteiger partial charge in [-0.3, -0.25) is 0 Å². The van der Waals surface area contributed by atoms with Crippen LogP contribution in [-0.4, -0.2) is 78.4 Å². The number of aliphatic carboxylic acids is 1. The summed E-state index contributed by atoms with van der Waals surface area (Å²) in [5, 5.41) is 20.1. The van der Waals surface area contributed by atoms with Crippen molar-refractivity contribution in [1.29, 1.82) is 0 Å². The molecular formula is C12H23N3O4. The molecule has 0 aliphatic carbocycles. The highest BCUT2D eigenvalue weighted by atomic mass is 16.4. The number of rotatable bonds is 6. The lowest BCUT2D eigenvalue weighted by atomic mass is 10.1. The fourth-order valence-corrected chi connectivity index (χ4v) is 2.29. The van der Waals surface area contributed by atoms with Crippen LogP contribution in [0.15, 0.2) is 0 Å². The van der Waals surface area contributed by atoms with Crippen LogP contribution in [0.2, 0.25) is 0 Å². The Bertz CT molecular complexity index is 324. The zero-order valence-corrected chi connectivity index (χ0v) is 11.5. The molecule has 2 unspecified atom stereocenters. The SMILES string of the molecule is CN1CCC(CN(C)C(=O)NC(CCO)C(=O)O)C1. The van der Waals surface area contributed by atoms with E-state index in [1.54, 1.807) is 7.05 Å². The van der Waals surface area contributed by atoms with Crippen molar-refractivity contribution in [2.45, 2.75) is 18.9 Å². The molecule has 110 valence electrons. The average Bonchev–Trinajstić information content (AvgIpc) is 2.73. The predicted molar refractivity (Wildman–Crippen MR) is 69.9 cm³/mol. The van der Waals surface area contributed by atoms with Crippen LogP contribution in [-0.2, 0) is 4.79 Å². The summed E-state index contributed by atoms with van der Waals surface area (Å²) in [6.07, 6.45) is 1.06. The van der Waals surface area contributed by atoms with Gasteiger partial charge in [0.05, 0.1) is 0 Å². The highest BCUT2D eigenvalue weighted by molar-refractivity contribution is 5.82. The normalized spacial score (nSPS) is 21.1. The summed E-state index contributed by atoms with van der Waals surface area (Å²) in [6.45, 7) is 2.33. The van der Waals surface area contributed by atoms with Gasteiger partial charge in [-0.1, -0.05) is 0 Å². The molecule has 0 aromatic rings. The molecule has 3 N–H and O–H groups in total. The molecule has 19 heavy (non-hydrogen) atoms. The number of hydrogen-bond acceptors (Lipinski definition) is 4. The summed E-state index contributed by atoms with van der Waals surface area (Å²) in [5.41, 5.74) is 0. The lowest BCUT2D eigenvalue weighted by molar-refractivity contribution is -0.139. The van der Waals surface area contributed by atoms with Gasteiger partial charge in [0, 0.05) is 33.2 Å². The monoisotopic (exact) mass is 273 g/mol. The minimum atomic E-state index is -1.13. The summed E-state index contributed by atoms with van der Waals surface area (Å²) >= 11 is 0. The van der Waals surface area contributed by atoms with Crippen LogP contribution in [0.25, 0.3) is 0 Å². The second-order valence-electron chi connectivity index (χ2n) is 5.15. The third kappa shape index (κ3) is 5.04. The van der Waals surface area contributed by atoms with Crippen LogP contribution in [0, 0.1) is 5.92 Å². The minimum Gasteiger partial charge on any atom is -0.480 e. The number of aliphatic hydroxyl groups is 1. The molecule has 0 aromatic carbocycles. The number of amides is 2. The van der Waals surface area contributed by atoms with E-state index in [1.807, 2.05) is 7.05 Å². The molecule has 1 saturated heterocycles. The molecule has 0 aromatic heterocycles. The Morgan fingerprint density at radius 3 is 2.68 bits per heavy atom. The maximum absolute atomic E-state index is 11.9. The molecule has 0 spiro atoms. The first-order chi connectivity index (χ1) is 8.93. The van der Waals surface area contributed by atoms with E-state index < -0.39 is 18.0 Å². The van der Waals surface area contributed by atoms with Gasteiger partial charge in [-0.2, -0.15) is 0 Å². The van der Waals surface area contributed by atoms with Gasteiger partial charge in [0.2, 0.25) is 0 Å². The third-order valence-electron chi connectivity index (χ3n) is 3.38. The second-order valence-corrected chi connectivity index (χ2v) is 5.15. The second kappa shape index (κ2) is 7.30. The molecule has 1 aliphatic heterocycles. The molecule has 2 atom stereocenters. The maximum atomic E-state index is 11.9. The Morgan fingerprint density at radius 1 is 1.53 bits per heavy atom. The van der Waals surface area contributed by atoms with Crippen molar-refractivity contribution in [3.05, 3.63) is 0 Å². The van der Waals surface area contributed by atoms with Gasteiger partial charge in [0.15, 0.2) is 0 Å². The molecule has 0 bridgehead atoms. The van der Waals surface area contributed by atoms with Gasteiger partial charge >= 0.3 is 12.0 Å². The zero-order valence-electron chi connectivity index (χ0n) is 11.5. The molecular weight excluding hydrogens is 250 g/mol. The van der Waals surface area contributed by atoms with Gasteiger partial charge < -0.3 is 25.3 Å². The number of hydrogen-bond donors (Lipinski definition) is 3. The first-order valence-corrected chi connectivity index (χ1v) is 6.48. The van der Waals surface area contributed by atoms with E-state index in [0.717, 1.165) is 19.5 Å². The number of aliphatic hydroxyl groups excluding tert-OH is 1. The van der Waals surface area contributed by atoms with Crippen molar-refractivity contribution >= 4 is 12.0 Å². The first kappa shape index (κ1) is 15.7. The summed E-state index contributed by atoms with van der Waals surface area (Å²) < 4.78 is 0. The molecule has 1 fully saturated rings. The zero-order chi connectivity index (χ0) is 14.4. The molecule has 1 heterocycles. The van der Waals surface area contributed by atoms with Crippen molar-refractivity contribution in [1.82, 2.24) is 15.1 Å². The van der Waals surface area contributed by atoms with E-state index in [0.29, 0.717) is 12.5 Å². The topological polar surface area (TPSA) is 93.1 Å². The Morgan fingerprint density at radius 2 is 2.21 bits per heavy atom. The molecule has 7 heteroatoms. The van der Waals surface area contributed by atoms with Crippen molar-refractivity contribution in [3.63, 3.8) is 0 Å². The van der Waals surface area contributed by atoms with Gasteiger partial charge in [0.25, 0.3) is 0 Å². The highest BCUT2D eigenvalue weighted by Crippen LogP contribution is 2.15. The average molecular weight is 273 g/mol. The Balaban J connectivity index is 2.40. The van der Waals surface area contributed by atoms with Gasteiger partial charge in [-0.25, -0.2) is 9.59 Å². The quantitative estimate of drug-likeness (QED) is 0.602. The summed E-state index contributed by atoms with van der Waals surface area (Å²) in [5.74, 6) is -0.696. The van der Waals surface area contributed by atoms with Crippen LogP contribution < -0.4 is 5.32 Å². The van der Waals surface area contributed by atoms with Crippen LogP contribution in [0.5, 0.6) is 0 Å². The molecule has 0 radical (unpaired) electrons. The van der Waals surface area contributed by atoms with Crippen molar-refractivity contribution < 1.29 is 19.8 Å².